The zero-order chi connectivity index (χ0) is 106. The lowest BCUT2D eigenvalue weighted by molar-refractivity contribution is -0.0930. The second kappa shape index (κ2) is 47.1. The Morgan fingerprint density at radius 2 is 0.832 bits per heavy atom. The van der Waals surface area contributed by atoms with Crippen LogP contribution in [0.4, 0.5) is 20.4 Å². The monoisotopic (exact) mass is 2190 g/mol. The molecule has 4 aliphatic rings. The van der Waals surface area contributed by atoms with E-state index in [0.717, 1.165) is 16.7 Å². The lowest BCUT2D eigenvalue weighted by Gasteiger charge is -2.42. The number of aromatic nitrogens is 14. The van der Waals surface area contributed by atoms with Crippen molar-refractivity contribution >= 4 is 138 Å². The number of aliphatic hydroxyl groups is 1. The number of hydrogen-bond acceptors (Lipinski definition) is 34. The topological polar surface area (TPSA) is 467 Å². The van der Waals surface area contributed by atoms with Gasteiger partial charge >= 0.3 is 29.9 Å². The molecule has 786 valence electrons. The number of nitrogens with zero attached hydrogens (tertiary/aromatic N) is 16. The van der Waals surface area contributed by atoms with Gasteiger partial charge in [0, 0.05) is 32.7 Å². The summed E-state index contributed by atoms with van der Waals surface area (Å²) in [7, 11) is -9.06. The van der Waals surface area contributed by atoms with Crippen LogP contribution in [0.2, 0.25) is 36.3 Å². The molecule has 5 aromatic carbocycles. The zero-order valence-electron chi connectivity index (χ0n) is 83.4. The van der Waals surface area contributed by atoms with E-state index in [4.69, 9.17) is 120 Å². The molecule has 4 aliphatic heterocycles. The Morgan fingerprint density at radius 1 is 0.470 bits per heavy atom. The van der Waals surface area contributed by atoms with Crippen LogP contribution in [-0.2, 0) is 107 Å². The summed E-state index contributed by atoms with van der Waals surface area (Å²) in [6.45, 7) is 28.5. The molecule has 5 N–H and O–H groups in total. The Kier molecular flexibility index (Phi) is 35.0. The van der Waals surface area contributed by atoms with Crippen LogP contribution in [0.5, 0.6) is 11.5 Å². The van der Waals surface area contributed by atoms with Gasteiger partial charge in [-0.15, -0.1) is 18.8 Å². The summed E-state index contributed by atoms with van der Waals surface area (Å²) in [5.41, 5.74) is 5.10. The van der Waals surface area contributed by atoms with Gasteiger partial charge < -0.3 is 94.7 Å². The molecule has 20 atom stereocenters. The fraction of sp³-hybridized carbons (Fsp3) is 0.423. The van der Waals surface area contributed by atoms with Crippen molar-refractivity contribution in [2.45, 2.75) is 196 Å². The first-order chi connectivity index (χ1) is 71.2. The van der Waals surface area contributed by atoms with E-state index in [1.54, 1.807) is 109 Å². The molecule has 42 nitrogen and oxygen atoms in total. The van der Waals surface area contributed by atoms with Crippen LogP contribution in [0.25, 0.3) is 54.1 Å². The molecule has 17 rings (SSSR count). The average molecular weight is 2200 g/mol. The summed E-state index contributed by atoms with van der Waals surface area (Å²) < 4.78 is 173. The number of methoxy groups -OCH3 is 2. The molecule has 13 aromatic rings. The third-order valence-corrected chi connectivity index (χ3v) is 41.3. The molecule has 8 aromatic heterocycles. The minimum atomic E-state index is -4.23. The quantitative estimate of drug-likeness (QED) is 0.00781. The molecule has 0 aliphatic carbocycles. The van der Waals surface area contributed by atoms with Gasteiger partial charge in [0.25, 0.3) is 11.8 Å². The largest absolute Gasteiger partial charge is 0.695 e. The highest BCUT2D eigenvalue weighted by Crippen LogP contribution is 2.60. The number of aliphatic hydroxyl groups excluding tert-OH is 1. The van der Waals surface area contributed by atoms with E-state index in [9.17, 15) is 33.6 Å². The number of imidazole rings is 2. The van der Waals surface area contributed by atoms with Crippen LogP contribution in [0, 0.1) is 27.0 Å². The number of ether oxygens (including phenoxy) is 7. The number of fused-ring (bicyclic) bond motifs is 4. The fourth-order valence-electron chi connectivity index (χ4n) is 17.2. The Hall–Kier alpha value is -11.0. The molecule has 149 heavy (non-hydrogen) atoms. The summed E-state index contributed by atoms with van der Waals surface area (Å²) in [4.78, 5) is 97.2. The standard InChI is InChI=1S/C59H64FN9O13P2SSi.C38H46FN9O11P2SSi/c1-37-48-54(65-34-62-37)69(36-66-48)57-51(50(82-86(8,9)58(2,3)4)45(79-57)32-75-59(39-18-14-11-15-19-39,40-20-24-42(73-6)25-21-40)41-22-26-43(74-7)27-23-41)81-84(85,76-31-29-61-5)77-33-46-49(80-83(71)72)47(60)56(78-46)68-30-28-44-52(63-35-64-53(44)68)67-55(70)38-16-12-10-13-17-38;1-22-28-34(44-19-41-22)48(21-45-28)37-31(30(25(17-49)55-37)59-63(6,7)38(2,3)4)58-61(62,53-16-14-40-5)54-18-26-29(57-60(51)52)27(39)36(56-26)47-15-13-24-32(42-20-43-33(24)47)46-35(50)23-11-9-8-10-12-23/h10-28,30,34-36,45-47,49-51,56-57H,29,31-33H2,1-4,6-9H3,(H-,63,64,67,70,71,72);8-13,15,19-21,25-27,29-31,36-37,49H,14,16-18H2,1-4,6-7H3,(H-,42,43,46,50,51,52)/p+2/t45-,46-,47-,49-,50-,51-,56-,57-,84?;25-,26-,27-,29-,30-,31-,36-,37-,61?/m11/s1. The molecular weight excluding hydrogens is 2080 g/mol. The first-order valence-corrected chi connectivity index (χ1v) is 60.4. The van der Waals surface area contributed by atoms with E-state index in [0.29, 0.717) is 67.1 Å². The number of carbonyl (C=O) groups excluding carboxylic acids is 2. The molecule has 0 bridgehead atoms. The van der Waals surface area contributed by atoms with E-state index < -0.39 is 182 Å². The van der Waals surface area contributed by atoms with Gasteiger partial charge in [0.1, 0.15) is 138 Å². The maximum absolute atomic E-state index is 17.1. The van der Waals surface area contributed by atoms with Crippen LogP contribution < -0.4 is 20.1 Å². The second-order valence-corrected chi connectivity index (χ2v) is 54.9. The highest BCUT2D eigenvalue weighted by Gasteiger charge is 2.60. The molecule has 0 spiro atoms. The number of aryl methyl sites for hydroxylation is 2. The summed E-state index contributed by atoms with van der Waals surface area (Å²) in [5.74, 6) is 0.709. The van der Waals surface area contributed by atoms with Gasteiger partial charge in [0.2, 0.25) is 13.1 Å². The number of halogens is 2. The lowest BCUT2D eigenvalue weighted by atomic mass is 9.80. The molecule has 52 heteroatoms. The van der Waals surface area contributed by atoms with Crippen molar-refractivity contribution in [3.8, 4) is 11.5 Å². The first kappa shape index (κ1) is 111. The van der Waals surface area contributed by atoms with Crippen molar-refractivity contribution in [3.63, 3.8) is 0 Å². The van der Waals surface area contributed by atoms with E-state index in [1.165, 1.54) is 53.2 Å². The summed E-state index contributed by atoms with van der Waals surface area (Å²) in [6, 6.07) is 45.2. The Balaban J connectivity index is 0.000000223. The number of nitrogens with one attached hydrogen (secondary N) is 2. The molecular formula is C97H112F2N18O24P4S2Si2+2. The Morgan fingerprint density at radius 3 is 1.21 bits per heavy atom. The van der Waals surface area contributed by atoms with E-state index in [1.807, 2.05) is 98.9 Å². The molecule has 2 amide bonds. The van der Waals surface area contributed by atoms with Crippen LogP contribution in [-0.4, -0.2) is 252 Å². The van der Waals surface area contributed by atoms with Crippen molar-refractivity contribution in [3.05, 3.63) is 264 Å². The molecule has 4 saturated heterocycles. The van der Waals surface area contributed by atoms with Gasteiger partial charge in [-0.2, -0.15) is 0 Å². The average Bonchev–Trinajstić information content (AvgIpc) is 1.59. The lowest BCUT2D eigenvalue weighted by Crippen LogP contribution is -2.51. The Bertz CT molecular complexity index is 7080. The molecule has 4 unspecified atom stereocenters. The number of anilines is 2. The van der Waals surface area contributed by atoms with E-state index in [-0.39, 0.29) is 65.9 Å². The van der Waals surface area contributed by atoms with Crippen molar-refractivity contribution in [1.82, 2.24) is 68.1 Å². The van der Waals surface area contributed by atoms with Crippen molar-refractivity contribution in [2.75, 3.05) is 77.6 Å². The number of hydrogen-bond donors (Lipinski definition) is 5. The Labute approximate surface area is 870 Å². The minimum absolute atomic E-state index is 0.122. The van der Waals surface area contributed by atoms with Gasteiger partial charge in [-0.25, -0.2) is 71.8 Å². The number of carbonyl (C=O) groups is 2. The first-order valence-electron chi connectivity index (χ1n) is 47.2. The van der Waals surface area contributed by atoms with Crippen molar-refractivity contribution < 1.29 is 121 Å². The maximum atomic E-state index is 17.1. The second-order valence-electron chi connectivity index (χ2n) is 38.1. The summed E-state index contributed by atoms with van der Waals surface area (Å²) in [5, 5.41) is 16.3. The molecule has 0 radical (unpaired) electrons. The van der Waals surface area contributed by atoms with Crippen molar-refractivity contribution in [1.29, 1.82) is 0 Å². The highest BCUT2D eigenvalue weighted by atomic mass is 32.5. The number of benzene rings is 5. The van der Waals surface area contributed by atoms with Crippen LogP contribution >= 0.6 is 29.9 Å². The minimum Gasteiger partial charge on any atom is -0.497 e. The van der Waals surface area contributed by atoms with E-state index >= 15 is 8.78 Å². The third kappa shape index (κ3) is 24.2. The number of rotatable bonds is 41. The number of amides is 2. The normalized spacial score (nSPS) is 23.2. The van der Waals surface area contributed by atoms with Gasteiger partial charge in [-0.1, -0.05) is 133 Å². The zero-order valence-corrected chi connectivity index (χ0v) is 90.6. The highest BCUT2D eigenvalue weighted by molar-refractivity contribution is 8.07. The summed E-state index contributed by atoms with van der Waals surface area (Å²) in [6.07, 6.45) is -10.6. The van der Waals surface area contributed by atoms with Gasteiger partial charge in [-0.3, -0.25) is 27.8 Å². The summed E-state index contributed by atoms with van der Waals surface area (Å²) >= 11 is 12.4. The smallest absolute Gasteiger partial charge is 0.497 e. The van der Waals surface area contributed by atoms with Gasteiger partial charge in [0.15, 0.2) is 77.4 Å². The van der Waals surface area contributed by atoms with Crippen LogP contribution in [0.15, 0.2) is 202 Å². The molecule has 4 fully saturated rings. The predicted octanol–water partition coefficient (Wildman–Crippen LogP) is 16.9. The predicted molar refractivity (Wildman–Crippen MR) is 553 cm³/mol. The van der Waals surface area contributed by atoms with Gasteiger partial charge in [0.05, 0.1) is 75.5 Å². The maximum Gasteiger partial charge on any atom is 0.695 e. The van der Waals surface area contributed by atoms with Crippen molar-refractivity contribution in [2.24, 2.45) is 0 Å². The molecule has 0 saturated carbocycles. The fourth-order valence-corrected chi connectivity index (χ4v) is 24.8. The molecule has 12 heterocycles. The van der Waals surface area contributed by atoms with E-state index in [2.05, 4.69) is 120 Å². The van der Waals surface area contributed by atoms with Gasteiger partial charge in [-0.05, 0) is 151 Å². The van der Waals surface area contributed by atoms with Crippen LogP contribution in [0.3, 0.4) is 0 Å². The van der Waals surface area contributed by atoms with Crippen LogP contribution in [0.1, 0.15) is 115 Å². The third-order valence-electron chi connectivity index (χ3n) is 26.8. The number of alkyl halides is 2. The SMILES string of the molecule is [C-]#[N+]CCOP(=S)(OC[C@H]1O[C@@H](n2ccc3c(NC(=O)c4ccccc4)ncnc32)[C@H](F)[C@@H]1O[P+](=O)O)O[C@@H]1[C@H](O[Si](C)(C)C(C)(C)C)[C@@H](CO)O[C@H]1n1cnc2c(C)ncnc21.[C-]#[N+]CCOP(=S)(OC[C@H]1O[C@@H](n2ccc3c(NC(=O)c4ccccc4)ncnc32)[C@H](F)[C@@H]1O[P+](=O)O)O[C@@H]1[C@H](O[Si](C)(C)C(C)(C)C)[C@@H](COC(c2ccccc2)(c2ccc(OC)cc2)c2ccc(OC)cc2)O[C@H]1n1cnc2c(C)ncnc21.